The van der Waals surface area contributed by atoms with E-state index in [1.807, 2.05) is 6.07 Å². The Morgan fingerprint density at radius 3 is 2.32 bits per heavy atom. The molecular weight excluding hydrogens is 416 g/mol. The van der Waals surface area contributed by atoms with Crippen LogP contribution in [-0.2, 0) is 4.79 Å². The maximum absolute atomic E-state index is 12.5. The third-order valence-electron chi connectivity index (χ3n) is 4.21. The van der Waals surface area contributed by atoms with Gasteiger partial charge in [-0.15, -0.1) is 0 Å². The summed E-state index contributed by atoms with van der Waals surface area (Å²) in [6.45, 7) is 0. The zero-order valence-electron chi connectivity index (χ0n) is 16.5. The van der Waals surface area contributed by atoms with Crippen molar-refractivity contribution in [3.05, 3.63) is 94.5 Å². The fraction of sp³-hybridized carbons (Fsp3) is 0.0417. The Balaban J connectivity index is 1.80. The number of hydrogen-bond acceptors (Lipinski definition) is 5. The van der Waals surface area contributed by atoms with Gasteiger partial charge in [-0.1, -0.05) is 29.8 Å². The highest BCUT2D eigenvalue weighted by atomic mass is 35.5. The monoisotopic (exact) mass is 432 g/mol. The van der Waals surface area contributed by atoms with E-state index in [-0.39, 0.29) is 11.3 Å². The van der Waals surface area contributed by atoms with Crippen LogP contribution in [0.4, 0.5) is 5.69 Å². The lowest BCUT2D eigenvalue weighted by Crippen LogP contribution is -2.13. The predicted octanol–water partition coefficient (Wildman–Crippen LogP) is 5.11. The van der Waals surface area contributed by atoms with Gasteiger partial charge in [-0.25, -0.2) is 4.79 Å². The molecule has 0 aromatic heterocycles. The van der Waals surface area contributed by atoms with E-state index in [1.165, 1.54) is 13.2 Å². The number of benzene rings is 3. The second-order valence-corrected chi connectivity index (χ2v) is 6.72. The summed E-state index contributed by atoms with van der Waals surface area (Å²) in [5, 5.41) is 12.6. The minimum atomic E-state index is -0.596. The molecule has 0 heterocycles. The Hall–Kier alpha value is -4.08. The van der Waals surface area contributed by atoms with Gasteiger partial charge in [0.2, 0.25) is 0 Å². The maximum atomic E-state index is 12.5. The van der Waals surface area contributed by atoms with Crippen molar-refractivity contribution in [2.45, 2.75) is 0 Å². The van der Waals surface area contributed by atoms with Crippen molar-refractivity contribution < 1.29 is 19.1 Å². The van der Waals surface area contributed by atoms with Crippen molar-refractivity contribution in [2.75, 3.05) is 12.4 Å². The lowest BCUT2D eigenvalue weighted by Gasteiger charge is -2.09. The molecule has 0 saturated carbocycles. The molecule has 0 atom stereocenters. The summed E-state index contributed by atoms with van der Waals surface area (Å²) < 4.78 is 10.6. The summed E-state index contributed by atoms with van der Waals surface area (Å²) in [7, 11) is 1.53. The number of carbonyl (C=O) groups excluding carboxylic acids is 2. The minimum absolute atomic E-state index is 0.150. The summed E-state index contributed by atoms with van der Waals surface area (Å²) in [6, 6.07) is 21.5. The van der Waals surface area contributed by atoms with Crippen LogP contribution < -0.4 is 14.8 Å². The molecule has 0 aliphatic rings. The van der Waals surface area contributed by atoms with Crippen LogP contribution in [-0.4, -0.2) is 19.0 Å². The first-order valence-electron chi connectivity index (χ1n) is 9.14. The number of carbonyl (C=O) groups is 2. The van der Waals surface area contributed by atoms with Crippen LogP contribution >= 0.6 is 11.6 Å². The van der Waals surface area contributed by atoms with Gasteiger partial charge in [-0.3, -0.25) is 4.79 Å². The van der Waals surface area contributed by atoms with E-state index in [9.17, 15) is 14.9 Å². The summed E-state index contributed by atoms with van der Waals surface area (Å²) in [5.74, 6) is -0.339. The Bertz CT molecular complexity index is 1160. The second kappa shape index (κ2) is 10.1. The van der Waals surface area contributed by atoms with Gasteiger partial charge in [-0.2, -0.15) is 5.26 Å². The molecule has 0 aliphatic heterocycles. The number of rotatable bonds is 6. The largest absolute Gasteiger partial charge is 0.497 e. The van der Waals surface area contributed by atoms with Crippen LogP contribution in [0.5, 0.6) is 11.5 Å². The van der Waals surface area contributed by atoms with Crippen LogP contribution in [0.3, 0.4) is 0 Å². The molecular formula is C24H17ClN2O4. The lowest BCUT2D eigenvalue weighted by atomic mass is 10.1. The molecule has 0 fully saturated rings. The van der Waals surface area contributed by atoms with Crippen molar-refractivity contribution in [2.24, 2.45) is 0 Å². The number of nitrogens with zero attached hydrogens (tertiary/aromatic N) is 1. The topological polar surface area (TPSA) is 88.4 Å². The number of nitrogens with one attached hydrogen (secondary N) is 1. The highest BCUT2D eigenvalue weighted by Crippen LogP contribution is 2.23. The van der Waals surface area contributed by atoms with Gasteiger partial charge in [0.15, 0.2) is 0 Å². The van der Waals surface area contributed by atoms with E-state index in [0.717, 1.165) is 0 Å². The molecule has 0 spiro atoms. The Labute approximate surface area is 184 Å². The number of hydrogen-bond donors (Lipinski definition) is 1. The maximum Gasteiger partial charge on any atom is 0.343 e. The van der Waals surface area contributed by atoms with Crippen LogP contribution in [0.1, 0.15) is 15.9 Å². The first-order valence-corrected chi connectivity index (χ1v) is 9.52. The average molecular weight is 433 g/mol. The molecule has 0 radical (unpaired) electrons. The van der Waals surface area contributed by atoms with E-state index in [2.05, 4.69) is 5.32 Å². The van der Waals surface area contributed by atoms with Crippen LogP contribution in [0.2, 0.25) is 5.02 Å². The molecule has 3 aromatic carbocycles. The van der Waals surface area contributed by atoms with Gasteiger partial charge in [0.25, 0.3) is 5.91 Å². The summed E-state index contributed by atoms with van der Waals surface area (Å²) in [4.78, 5) is 25.0. The summed E-state index contributed by atoms with van der Waals surface area (Å²) in [5.41, 5.74) is 1.09. The predicted molar refractivity (Wildman–Crippen MR) is 118 cm³/mol. The van der Waals surface area contributed by atoms with Crippen molar-refractivity contribution >= 4 is 35.2 Å². The number of para-hydroxylation sites is 1. The van der Waals surface area contributed by atoms with Crippen LogP contribution in [0.15, 0.2) is 78.4 Å². The third-order valence-corrected chi connectivity index (χ3v) is 4.47. The van der Waals surface area contributed by atoms with E-state index < -0.39 is 11.9 Å². The van der Waals surface area contributed by atoms with Crippen LogP contribution in [0.25, 0.3) is 6.08 Å². The molecule has 3 aromatic rings. The van der Waals surface area contributed by atoms with Crippen LogP contribution in [0, 0.1) is 11.3 Å². The number of nitriles is 1. The summed E-state index contributed by atoms with van der Waals surface area (Å²) in [6.07, 6.45) is 1.36. The standard InChI is InChI=1S/C24H17ClN2O4/c1-30-21-12-6-16(7-13-21)24(29)31-22-5-3-2-4-17(22)14-18(15-26)23(28)27-20-10-8-19(25)9-11-20/h2-14H,1H3,(H,27,28)/b18-14+. The quantitative estimate of drug-likeness (QED) is 0.253. The molecule has 3 rings (SSSR count). The molecule has 1 amide bonds. The smallest absolute Gasteiger partial charge is 0.343 e. The zero-order valence-corrected chi connectivity index (χ0v) is 17.2. The first kappa shape index (κ1) is 21.6. The van der Waals surface area contributed by atoms with Gasteiger partial charge in [0.05, 0.1) is 12.7 Å². The van der Waals surface area contributed by atoms with Gasteiger partial charge < -0.3 is 14.8 Å². The molecule has 0 unspecified atom stereocenters. The van der Waals surface area contributed by atoms with E-state index in [1.54, 1.807) is 72.8 Å². The number of esters is 1. The van der Waals surface area contributed by atoms with Gasteiger partial charge >= 0.3 is 5.97 Å². The summed E-state index contributed by atoms with van der Waals surface area (Å²) >= 11 is 5.84. The van der Waals surface area contributed by atoms with Gasteiger partial charge in [0.1, 0.15) is 23.1 Å². The molecule has 0 bridgehead atoms. The fourth-order valence-electron chi connectivity index (χ4n) is 2.61. The molecule has 0 aliphatic carbocycles. The molecule has 6 nitrogen and oxygen atoms in total. The number of halogens is 1. The second-order valence-electron chi connectivity index (χ2n) is 6.29. The van der Waals surface area contributed by atoms with Crippen molar-refractivity contribution in [1.82, 2.24) is 0 Å². The number of anilines is 1. The molecule has 0 saturated heterocycles. The molecule has 154 valence electrons. The normalized spacial score (nSPS) is 10.7. The molecule has 31 heavy (non-hydrogen) atoms. The van der Waals surface area contributed by atoms with E-state index in [0.29, 0.717) is 27.6 Å². The minimum Gasteiger partial charge on any atom is -0.497 e. The Morgan fingerprint density at radius 1 is 1.00 bits per heavy atom. The lowest BCUT2D eigenvalue weighted by molar-refractivity contribution is -0.112. The Kier molecular flexibility index (Phi) is 7.05. The highest BCUT2D eigenvalue weighted by molar-refractivity contribution is 6.30. The average Bonchev–Trinajstić information content (AvgIpc) is 2.80. The van der Waals surface area contributed by atoms with Gasteiger partial charge in [-0.05, 0) is 60.7 Å². The SMILES string of the molecule is COc1ccc(C(=O)Oc2ccccc2/C=C(\C#N)C(=O)Nc2ccc(Cl)cc2)cc1. The van der Waals surface area contributed by atoms with Crippen molar-refractivity contribution in [3.63, 3.8) is 0 Å². The number of ether oxygens (including phenoxy) is 2. The first-order chi connectivity index (χ1) is 15.0. The Morgan fingerprint density at radius 2 is 1.68 bits per heavy atom. The van der Waals surface area contributed by atoms with E-state index >= 15 is 0 Å². The van der Waals surface area contributed by atoms with Crippen molar-refractivity contribution in [3.8, 4) is 17.6 Å². The highest BCUT2D eigenvalue weighted by Gasteiger charge is 2.14. The zero-order chi connectivity index (χ0) is 22.2. The number of methoxy groups -OCH3 is 1. The van der Waals surface area contributed by atoms with E-state index in [4.69, 9.17) is 21.1 Å². The fourth-order valence-corrected chi connectivity index (χ4v) is 2.74. The molecule has 1 N–H and O–H groups in total. The number of amides is 1. The van der Waals surface area contributed by atoms with Gasteiger partial charge in [0, 0.05) is 16.3 Å². The third kappa shape index (κ3) is 5.72. The molecule has 7 heteroatoms. The van der Waals surface area contributed by atoms with Crippen molar-refractivity contribution in [1.29, 1.82) is 5.26 Å².